The SMILES string of the molecule is C=CC(=O)OCCCc1cccc(C(=O)O)c1C(=O)O. The zero-order valence-electron chi connectivity index (χ0n) is 10.7. The summed E-state index contributed by atoms with van der Waals surface area (Å²) in [5, 5.41) is 18.1. The molecule has 0 aromatic heterocycles. The van der Waals surface area contributed by atoms with Crippen molar-refractivity contribution in [3.63, 3.8) is 0 Å². The summed E-state index contributed by atoms with van der Waals surface area (Å²) < 4.78 is 4.77. The highest BCUT2D eigenvalue weighted by molar-refractivity contribution is 6.02. The van der Waals surface area contributed by atoms with Gasteiger partial charge in [0.25, 0.3) is 0 Å². The summed E-state index contributed by atoms with van der Waals surface area (Å²) in [4.78, 5) is 33.0. The highest BCUT2D eigenvalue weighted by Gasteiger charge is 2.19. The van der Waals surface area contributed by atoms with E-state index in [1.807, 2.05) is 0 Å². The van der Waals surface area contributed by atoms with Gasteiger partial charge in [-0.05, 0) is 24.5 Å². The predicted molar refractivity (Wildman–Crippen MR) is 69.8 cm³/mol. The Balaban J connectivity index is 2.82. The summed E-state index contributed by atoms with van der Waals surface area (Å²) in [5.74, 6) is -3.13. The Labute approximate surface area is 115 Å². The molecule has 0 atom stereocenters. The normalized spacial score (nSPS) is 9.80. The molecule has 0 radical (unpaired) electrons. The molecule has 1 rings (SSSR count). The first-order valence-electron chi connectivity index (χ1n) is 5.85. The molecule has 106 valence electrons. The molecular formula is C14H14O6. The van der Waals surface area contributed by atoms with Crippen LogP contribution in [0.2, 0.25) is 0 Å². The average Bonchev–Trinajstić information content (AvgIpc) is 2.42. The summed E-state index contributed by atoms with van der Waals surface area (Å²) in [7, 11) is 0. The van der Waals surface area contributed by atoms with E-state index in [0.29, 0.717) is 18.4 Å². The van der Waals surface area contributed by atoms with Gasteiger partial charge in [0, 0.05) is 6.08 Å². The maximum Gasteiger partial charge on any atom is 0.336 e. The molecule has 6 heteroatoms. The topological polar surface area (TPSA) is 101 Å². The van der Waals surface area contributed by atoms with Crippen LogP contribution in [0.3, 0.4) is 0 Å². The van der Waals surface area contributed by atoms with Crippen LogP contribution in [0.15, 0.2) is 30.9 Å². The van der Waals surface area contributed by atoms with E-state index in [1.54, 1.807) is 6.07 Å². The van der Waals surface area contributed by atoms with E-state index in [4.69, 9.17) is 14.9 Å². The van der Waals surface area contributed by atoms with Crippen LogP contribution < -0.4 is 0 Å². The number of carbonyl (C=O) groups excluding carboxylic acids is 1. The molecular weight excluding hydrogens is 264 g/mol. The summed E-state index contributed by atoms with van der Waals surface area (Å²) >= 11 is 0. The van der Waals surface area contributed by atoms with Crippen molar-refractivity contribution < 1.29 is 29.3 Å². The first-order chi connectivity index (χ1) is 9.47. The Bertz CT molecular complexity index is 547. The van der Waals surface area contributed by atoms with Gasteiger partial charge in [-0.1, -0.05) is 18.7 Å². The molecule has 0 bridgehead atoms. The number of ether oxygens (including phenoxy) is 1. The summed E-state index contributed by atoms with van der Waals surface area (Å²) in [6.07, 6.45) is 1.73. The second-order valence-electron chi connectivity index (χ2n) is 3.93. The number of hydrogen-bond donors (Lipinski definition) is 2. The van der Waals surface area contributed by atoms with Crippen LogP contribution >= 0.6 is 0 Å². The number of carbonyl (C=O) groups is 3. The smallest absolute Gasteiger partial charge is 0.336 e. The Morgan fingerprint density at radius 3 is 2.45 bits per heavy atom. The quantitative estimate of drug-likeness (QED) is 0.447. The van der Waals surface area contributed by atoms with E-state index in [-0.39, 0.29) is 17.7 Å². The Morgan fingerprint density at radius 1 is 1.20 bits per heavy atom. The van der Waals surface area contributed by atoms with Crippen LogP contribution in [0.25, 0.3) is 0 Å². The highest BCUT2D eigenvalue weighted by atomic mass is 16.5. The molecule has 0 aliphatic heterocycles. The molecule has 0 aliphatic carbocycles. The van der Waals surface area contributed by atoms with E-state index in [2.05, 4.69) is 6.58 Å². The van der Waals surface area contributed by atoms with Crippen molar-refractivity contribution in [2.75, 3.05) is 6.61 Å². The van der Waals surface area contributed by atoms with E-state index in [9.17, 15) is 14.4 Å². The molecule has 1 aromatic carbocycles. The molecule has 6 nitrogen and oxygen atoms in total. The maximum atomic E-state index is 11.2. The lowest BCUT2D eigenvalue weighted by molar-refractivity contribution is -0.137. The van der Waals surface area contributed by atoms with Crippen LogP contribution in [0.1, 0.15) is 32.7 Å². The third-order valence-electron chi connectivity index (χ3n) is 2.60. The molecule has 0 aliphatic rings. The van der Waals surface area contributed by atoms with Gasteiger partial charge in [-0.2, -0.15) is 0 Å². The molecule has 0 heterocycles. The van der Waals surface area contributed by atoms with Gasteiger partial charge in [0.2, 0.25) is 0 Å². The van der Waals surface area contributed by atoms with Gasteiger partial charge in [0.1, 0.15) is 0 Å². The zero-order chi connectivity index (χ0) is 15.1. The van der Waals surface area contributed by atoms with Gasteiger partial charge in [-0.15, -0.1) is 0 Å². The van der Waals surface area contributed by atoms with Crippen molar-refractivity contribution in [3.8, 4) is 0 Å². The van der Waals surface area contributed by atoms with E-state index in [0.717, 1.165) is 6.08 Å². The maximum absolute atomic E-state index is 11.2. The first-order valence-corrected chi connectivity index (χ1v) is 5.85. The Hall–Kier alpha value is -2.63. The van der Waals surface area contributed by atoms with Crippen LogP contribution in [0.5, 0.6) is 0 Å². The molecule has 0 unspecified atom stereocenters. The largest absolute Gasteiger partial charge is 0.478 e. The fourth-order valence-corrected chi connectivity index (χ4v) is 1.73. The second kappa shape index (κ2) is 7.08. The number of aryl methyl sites for hydroxylation is 1. The second-order valence-corrected chi connectivity index (χ2v) is 3.93. The van der Waals surface area contributed by atoms with Gasteiger partial charge in [-0.3, -0.25) is 0 Å². The minimum atomic E-state index is -1.29. The number of aromatic carboxylic acids is 2. The van der Waals surface area contributed by atoms with Gasteiger partial charge >= 0.3 is 17.9 Å². The summed E-state index contributed by atoms with van der Waals surface area (Å²) in [5.41, 5.74) is -0.0832. The number of carboxylic acids is 2. The number of carboxylic acid groups (broad SMARTS) is 2. The Kier molecular flexibility index (Phi) is 5.46. The third-order valence-corrected chi connectivity index (χ3v) is 2.60. The molecule has 20 heavy (non-hydrogen) atoms. The molecule has 0 saturated heterocycles. The van der Waals surface area contributed by atoms with Crippen LogP contribution in [0.4, 0.5) is 0 Å². The molecule has 1 aromatic rings. The zero-order valence-corrected chi connectivity index (χ0v) is 10.7. The van der Waals surface area contributed by atoms with Crippen LogP contribution in [0, 0.1) is 0 Å². The van der Waals surface area contributed by atoms with Crippen molar-refractivity contribution in [1.29, 1.82) is 0 Å². The van der Waals surface area contributed by atoms with E-state index < -0.39 is 17.9 Å². The molecule has 0 fully saturated rings. The highest BCUT2D eigenvalue weighted by Crippen LogP contribution is 2.17. The first kappa shape index (κ1) is 15.4. The standard InChI is InChI=1S/C14H14O6/c1-2-11(15)20-8-4-6-9-5-3-7-10(13(16)17)12(9)14(18)19/h2-3,5,7H,1,4,6,8H2,(H,16,17)(H,18,19). The van der Waals surface area contributed by atoms with E-state index >= 15 is 0 Å². The third kappa shape index (κ3) is 3.94. The predicted octanol–water partition coefficient (Wildman–Crippen LogP) is 1.74. The summed E-state index contributed by atoms with van der Waals surface area (Å²) in [6, 6.07) is 4.28. The number of rotatable bonds is 7. The van der Waals surface area contributed by atoms with Gasteiger partial charge in [-0.25, -0.2) is 14.4 Å². The lowest BCUT2D eigenvalue weighted by Gasteiger charge is -2.09. The van der Waals surface area contributed by atoms with Gasteiger partial charge in [0.05, 0.1) is 17.7 Å². The van der Waals surface area contributed by atoms with Crippen molar-refractivity contribution in [1.82, 2.24) is 0 Å². The molecule has 0 amide bonds. The number of esters is 1. The van der Waals surface area contributed by atoms with Crippen molar-refractivity contribution in [2.24, 2.45) is 0 Å². The van der Waals surface area contributed by atoms with E-state index in [1.165, 1.54) is 12.1 Å². The van der Waals surface area contributed by atoms with Crippen molar-refractivity contribution >= 4 is 17.9 Å². The molecule has 0 spiro atoms. The molecule has 0 saturated carbocycles. The fraction of sp³-hybridized carbons (Fsp3) is 0.214. The fourth-order valence-electron chi connectivity index (χ4n) is 1.73. The average molecular weight is 278 g/mol. The van der Waals surface area contributed by atoms with Crippen LogP contribution in [-0.4, -0.2) is 34.7 Å². The number of benzene rings is 1. The van der Waals surface area contributed by atoms with Crippen molar-refractivity contribution in [2.45, 2.75) is 12.8 Å². The van der Waals surface area contributed by atoms with Gasteiger partial charge in [0.15, 0.2) is 0 Å². The van der Waals surface area contributed by atoms with Gasteiger partial charge < -0.3 is 14.9 Å². The monoisotopic (exact) mass is 278 g/mol. The lowest BCUT2D eigenvalue weighted by Crippen LogP contribution is -2.12. The van der Waals surface area contributed by atoms with Crippen molar-refractivity contribution in [3.05, 3.63) is 47.5 Å². The molecule has 2 N–H and O–H groups in total. The minimum absolute atomic E-state index is 0.112. The number of hydrogen-bond acceptors (Lipinski definition) is 4. The van der Waals surface area contributed by atoms with Crippen LogP contribution in [-0.2, 0) is 16.0 Å². The summed E-state index contributed by atoms with van der Waals surface area (Å²) in [6.45, 7) is 3.36. The lowest BCUT2D eigenvalue weighted by atomic mass is 9.98. The Morgan fingerprint density at radius 2 is 1.90 bits per heavy atom. The minimum Gasteiger partial charge on any atom is -0.478 e.